The highest BCUT2D eigenvalue weighted by atomic mass is 32.2. The monoisotopic (exact) mass is 533 g/mol. The summed E-state index contributed by atoms with van der Waals surface area (Å²) < 4.78 is 5.93. The number of thioether (sulfide) groups is 1. The van der Waals surface area contributed by atoms with E-state index in [1.807, 2.05) is 13.8 Å². The second kappa shape index (κ2) is 11.7. The standard InChI is InChI=1S/C30H47NO5S/c1-16-10-11-24(17(2)13-22-15-37-21(6)31(22)9)36-26(33)14-25(32)30(7,8)29(35)20(5)28(34)19(4)27-18(3)23(27)12-16/h10,13,15,18-21,23-25,27-28,32,34H,11-12,14H2,1-9H3/b16-10-,17-13+/t18-,19-,20+,21?,23-,24-,25-,27+,28-/m0/s1. The van der Waals surface area contributed by atoms with Gasteiger partial charge in [0.1, 0.15) is 11.9 Å². The van der Waals surface area contributed by atoms with E-state index in [-0.39, 0.29) is 18.1 Å². The topological polar surface area (TPSA) is 87.1 Å². The SMILES string of the molecule is C/C1=C/C[C@@H](/C(C)=C/C2=CSC(C)N2C)OC(=O)C[C@H](O)C(C)(C)C(=O)[C@H](C)[C@@H](O)[C@@H](C)[C@H]2[C@@H](C)[C@@H]2C1. The van der Waals surface area contributed by atoms with E-state index in [4.69, 9.17) is 4.74 Å². The Morgan fingerprint density at radius 3 is 2.38 bits per heavy atom. The number of aliphatic hydroxyl groups excluding tert-OH is 2. The van der Waals surface area contributed by atoms with Gasteiger partial charge < -0.3 is 19.8 Å². The van der Waals surface area contributed by atoms with Crippen LogP contribution < -0.4 is 0 Å². The number of esters is 1. The number of likely N-dealkylation sites (N-methyl/N-ethyl adjacent to an activating group) is 1. The second-order valence-electron chi connectivity index (χ2n) is 12.3. The number of aliphatic hydroxyl groups is 2. The minimum Gasteiger partial charge on any atom is -0.457 e. The molecule has 0 bridgehead atoms. The van der Waals surface area contributed by atoms with Crippen molar-refractivity contribution in [2.24, 2.45) is 35.0 Å². The molecule has 9 atom stereocenters. The Labute approximate surface area is 227 Å². The third kappa shape index (κ3) is 6.54. The maximum absolute atomic E-state index is 13.4. The van der Waals surface area contributed by atoms with Gasteiger partial charge in [0, 0.05) is 25.1 Å². The summed E-state index contributed by atoms with van der Waals surface area (Å²) >= 11 is 1.75. The van der Waals surface area contributed by atoms with Gasteiger partial charge >= 0.3 is 5.97 Å². The molecular formula is C30H47NO5S. The molecule has 3 aliphatic rings. The highest BCUT2D eigenvalue weighted by molar-refractivity contribution is 8.02. The predicted molar refractivity (Wildman–Crippen MR) is 149 cm³/mol. The highest BCUT2D eigenvalue weighted by Crippen LogP contribution is 2.55. The predicted octanol–water partition coefficient (Wildman–Crippen LogP) is 5.31. The van der Waals surface area contributed by atoms with Gasteiger partial charge in [-0.25, -0.2) is 0 Å². The van der Waals surface area contributed by atoms with E-state index in [2.05, 4.69) is 50.3 Å². The number of ether oxygens (including phenoxy) is 1. The Hall–Kier alpha value is -1.57. The molecule has 2 N–H and O–H groups in total. The lowest BCUT2D eigenvalue weighted by molar-refractivity contribution is -0.154. The normalized spacial score (nSPS) is 41.4. The quantitative estimate of drug-likeness (QED) is 0.367. The lowest BCUT2D eigenvalue weighted by Gasteiger charge is -2.34. The van der Waals surface area contributed by atoms with E-state index in [1.54, 1.807) is 32.5 Å². The van der Waals surface area contributed by atoms with Gasteiger partial charge in [-0.2, -0.15) is 0 Å². The van der Waals surface area contributed by atoms with Gasteiger partial charge in [0.2, 0.25) is 0 Å². The second-order valence-corrected chi connectivity index (χ2v) is 13.5. The molecule has 1 aliphatic carbocycles. The molecular weight excluding hydrogens is 486 g/mol. The van der Waals surface area contributed by atoms with Crippen LogP contribution in [0.1, 0.15) is 74.7 Å². The molecule has 0 aromatic heterocycles. The molecule has 7 heteroatoms. The Kier molecular flexibility index (Phi) is 9.45. The average Bonchev–Trinajstić information content (AvgIpc) is 3.36. The first-order valence-electron chi connectivity index (χ1n) is 13.7. The molecule has 1 fully saturated rings. The molecule has 6 nitrogen and oxygen atoms in total. The Balaban J connectivity index is 1.91. The van der Waals surface area contributed by atoms with Crippen LogP contribution >= 0.6 is 11.8 Å². The van der Waals surface area contributed by atoms with Crippen LogP contribution in [0.4, 0.5) is 0 Å². The molecule has 2 heterocycles. The average molecular weight is 534 g/mol. The van der Waals surface area contributed by atoms with Crippen molar-refractivity contribution in [1.29, 1.82) is 0 Å². The minimum atomic E-state index is -1.21. The molecule has 1 unspecified atom stereocenters. The molecule has 3 rings (SSSR count). The first kappa shape index (κ1) is 30.0. The van der Waals surface area contributed by atoms with Crippen molar-refractivity contribution in [3.63, 3.8) is 0 Å². The van der Waals surface area contributed by atoms with E-state index >= 15 is 0 Å². The van der Waals surface area contributed by atoms with Crippen LogP contribution in [0.2, 0.25) is 0 Å². The maximum Gasteiger partial charge on any atom is 0.309 e. The van der Waals surface area contributed by atoms with Crippen LogP contribution in [-0.2, 0) is 14.3 Å². The number of Topliss-reactive ketones (excluding diaryl/α,β-unsaturated/α-hetero) is 1. The third-order valence-electron chi connectivity index (χ3n) is 9.27. The third-order valence-corrected chi connectivity index (χ3v) is 10.4. The molecule has 0 aromatic carbocycles. The molecule has 208 valence electrons. The van der Waals surface area contributed by atoms with E-state index in [0.717, 1.165) is 17.7 Å². The fraction of sp³-hybridized carbons (Fsp3) is 0.733. The minimum absolute atomic E-state index is 0.0209. The van der Waals surface area contributed by atoms with Gasteiger partial charge in [-0.05, 0) is 67.9 Å². The highest BCUT2D eigenvalue weighted by Gasteiger charge is 2.52. The van der Waals surface area contributed by atoms with Crippen LogP contribution in [0.25, 0.3) is 0 Å². The summed E-state index contributed by atoms with van der Waals surface area (Å²) in [5.41, 5.74) is 2.08. The van der Waals surface area contributed by atoms with Gasteiger partial charge in [0.15, 0.2) is 0 Å². The lowest BCUT2D eigenvalue weighted by atomic mass is 9.72. The Bertz CT molecular complexity index is 969. The maximum atomic E-state index is 13.4. The zero-order valence-electron chi connectivity index (χ0n) is 24.0. The molecule has 0 radical (unpaired) electrons. The smallest absolute Gasteiger partial charge is 0.309 e. The largest absolute Gasteiger partial charge is 0.457 e. The van der Waals surface area contributed by atoms with Crippen molar-refractivity contribution in [3.05, 3.63) is 34.4 Å². The number of carbonyl (C=O) groups is 2. The summed E-state index contributed by atoms with van der Waals surface area (Å²) in [5, 5.41) is 24.5. The summed E-state index contributed by atoms with van der Waals surface area (Å²) in [6, 6.07) is 0. The summed E-state index contributed by atoms with van der Waals surface area (Å²) in [7, 11) is 2.05. The van der Waals surface area contributed by atoms with Crippen LogP contribution in [0.15, 0.2) is 34.4 Å². The number of hydrogen-bond donors (Lipinski definition) is 2. The molecule has 0 spiro atoms. The van der Waals surface area contributed by atoms with Gasteiger partial charge in [-0.3, -0.25) is 9.59 Å². The number of allylic oxidation sites excluding steroid dienone is 2. The molecule has 0 saturated heterocycles. The number of nitrogens with zero attached hydrogens (tertiary/aromatic N) is 1. The van der Waals surface area contributed by atoms with Crippen molar-refractivity contribution in [2.45, 2.75) is 98.3 Å². The fourth-order valence-corrected chi connectivity index (χ4v) is 6.96. The zero-order chi connectivity index (χ0) is 27.8. The fourth-order valence-electron chi connectivity index (χ4n) is 6.08. The Morgan fingerprint density at radius 2 is 1.78 bits per heavy atom. The van der Waals surface area contributed by atoms with Crippen molar-refractivity contribution in [2.75, 3.05) is 7.05 Å². The lowest BCUT2D eigenvalue weighted by Crippen LogP contribution is -2.46. The number of hydrogen-bond acceptors (Lipinski definition) is 7. The number of fused-ring (bicyclic) bond motifs is 1. The van der Waals surface area contributed by atoms with E-state index in [0.29, 0.717) is 29.5 Å². The van der Waals surface area contributed by atoms with Crippen LogP contribution in [0.5, 0.6) is 0 Å². The summed E-state index contributed by atoms with van der Waals surface area (Å²) in [6.45, 7) is 15.6. The first-order chi connectivity index (χ1) is 17.2. The number of rotatable bonds is 2. The summed E-state index contributed by atoms with van der Waals surface area (Å²) in [4.78, 5) is 28.6. The zero-order valence-corrected chi connectivity index (χ0v) is 24.8. The Morgan fingerprint density at radius 1 is 1.14 bits per heavy atom. The van der Waals surface area contributed by atoms with Crippen LogP contribution in [0, 0.1) is 35.0 Å². The summed E-state index contributed by atoms with van der Waals surface area (Å²) in [6.07, 6.45) is 3.00. The van der Waals surface area contributed by atoms with Gasteiger partial charge in [0.25, 0.3) is 0 Å². The summed E-state index contributed by atoms with van der Waals surface area (Å²) in [5.74, 6) is -0.119. The van der Waals surface area contributed by atoms with Crippen molar-refractivity contribution in [1.82, 2.24) is 4.90 Å². The number of ketones is 1. The van der Waals surface area contributed by atoms with Crippen molar-refractivity contribution in [3.8, 4) is 0 Å². The van der Waals surface area contributed by atoms with Crippen LogP contribution in [-0.4, -0.2) is 57.6 Å². The molecule has 0 amide bonds. The number of cyclic esters (lactones) is 1. The van der Waals surface area contributed by atoms with Crippen LogP contribution in [0.3, 0.4) is 0 Å². The first-order valence-corrected chi connectivity index (χ1v) is 14.6. The molecule has 1 saturated carbocycles. The van der Waals surface area contributed by atoms with Gasteiger partial charge in [-0.15, -0.1) is 11.8 Å². The molecule has 37 heavy (non-hydrogen) atoms. The van der Waals surface area contributed by atoms with E-state index < -0.39 is 35.6 Å². The molecule has 2 aliphatic heterocycles. The van der Waals surface area contributed by atoms with Crippen molar-refractivity contribution >= 4 is 23.5 Å². The van der Waals surface area contributed by atoms with Gasteiger partial charge in [0.05, 0.1) is 29.4 Å². The van der Waals surface area contributed by atoms with Gasteiger partial charge in [-0.1, -0.05) is 46.3 Å². The molecule has 0 aromatic rings. The van der Waals surface area contributed by atoms with E-state index in [9.17, 15) is 19.8 Å². The van der Waals surface area contributed by atoms with Crippen molar-refractivity contribution < 1.29 is 24.5 Å². The number of carbonyl (C=O) groups excluding carboxylic acids is 2. The van der Waals surface area contributed by atoms with E-state index in [1.165, 1.54) is 5.57 Å².